The number of aliphatic hydroxyl groups is 1. The molecule has 4 aliphatic carbocycles. The molecular weight excluding hydrogens is 618 g/mol. The van der Waals surface area contributed by atoms with Gasteiger partial charge in [0.15, 0.2) is 8.32 Å². The molecule has 3 saturated carbocycles. The Bertz CT molecular complexity index is 1260. The lowest BCUT2D eigenvalue weighted by atomic mass is 9.60. The molecule has 4 aliphatic rings. The van der Waals surface area contributed by atoms with Crippen molar-refractivity contribution in [3.05, 3.63) is 35.6 Å². The van der Waals surface area contributed by atoms with Crippen molar-refractivity contribution in [2.24, 2.45) is 46.3 Å². The Morgan fingerprint density at radius 1 is 1.11 bits per heavy atom. The highest BCUT2D eigenvalue weighted by Gasteiger charge is 2.66. The van der Waals surface area contributed by atoms with Gasteiger partial charge in [-0.3, -0.25) is 0 Å². The summed E-state index contributed by atoms with van der Waals surface area (Å²) in [6, 6.07) is 3.39. The van der Waals surface area contributed by atoms with Gasteiger partial charge in [0.1, 0.15) is 5.76 Å². The van der Waals surface area contributed by atoms with Crippen molar-refractivity contribution < 1.29 is 35.3 Å². The second-order valence-corrected chi connectivity index (χ2v) is 21.6. The molecule has 0 bridgehead atoms. The van der Waals surface area contributed by atoms with Crippen molar-refractivity contribution in [1.82, 2.24) is 0 Å². The summed E-state index contributed by atoms with van der Waals surface area (Å²) in [6.45, 7) is 18.0. The molecule has 0 amide bonds. The van der Waals surface area contributed by atoms with E-state index in [1.54, 1.807) is 0 Å². The van der Waals surface area contributed by atoms with E-state index in [1.165, 1.54) is 11.6 Å². The standard InChI is InChI=1S/C35H57F3O5SSi/c1-9-45(10-2,11-3)43-32(6,7)25(5)15-14-24(4)29-17-18-30-26(13-12-20-33(29,30)8)21-28(23-39)34-22-27(34)16-19-31(34)42-44(40,41)35(36,37)38/h14-15,19,21,24-25,27-30,39H,9-13,16-18,20,22-23H2,1-8H3/b15-14+,26-21+/t24-,25+,27-,28+,29-,30+,33-,34+/m1/s1. The summed E-state index contributed by atoms with van der Waals surface area (Å²) < 4.78 is 74.9. The average Bonchev–Trinajstić information content (AvgIpc) is 3.45. The molecule has 8 atom stereocenters. The third kappa shape index (κ3) is 6.78. The highest BCUT2D eigenvalue weighted by atomic mass is 32.2. The van der Waals surface area contributed by atoms with Crippen molar-refractivity contribution in [2.75, 3.05) is 6.61 Å². The van der Waals surface area contributed by atoms with Crippen LogP contribution < -0.4 is 0 Å². The molecule has 0 aromatic heterocycles. The molecule has 4 rings (SSSR count). The van der Waals surface area contributed by atoms with Crippen LogP contribution in [0.5, 0.6) is 0 Å². The molecule has 0 spiro atoms. The van der Waals surface area contributed by atoms with Crippen molar-refractivity contribution in [2.45, 2.75) is 130 Å². The van der Waals surface area contributed by atoms with E-state index in [-0.39, 0.29) is 35.2 Å². The minimum Gasteiger partial charge on any atom is -0.411 e. The van der Waals surface area contributed by atoms with Gasteiger partial charge < -0.3 is 13.7 Å². The van der Waals surface area contributed by atoms with Crippen LogP contribution >= 0.6 is 0 Å². The van der Waals surface area contributed by atoms with Crippen LogP contribution in [0, 0.1) is 46.3 Å². The van der Waals surface area contributed by atoms with E-state index < -0.39 is 35.3 Å². The highest BCUT2D eigenvalue weighted by molar-refractivity contribution is 7.87. The van der Waals surface area contributed by atoms with Gasteiger partial charge in [-0.1, -0.05) is 65.3 Å². The molecule has 0 radical (unpaired) electrons. The number of hydrogen-bond donors (Lipinski definition) is 1. The Hall–Kier alpha value is -1.10. The van der Waals surface area contributed by atoms with Gasteiger partial charge in [-0.25, -0.2) is 0 Å². The number of aliphatic hydroxyl groups excluding tert-OH is 1. The molecule has 0 aromatic rings. The molecule has 0 aromatic carbocycles. The van der Waals surface area contributed by atoms with Gasteiger partial charge in [0, 0.05) is 17.3 Å². The summed E-state index contributed by atoms with van der Waals surface area (Å²) in [4.78, 5) is 0. The Morgan fingerprint density at radius 2 is 1.76 bits per heavy atom. The molecule has 0 unspecified atom stereocenters. The summed E-state index contributed by atoms with van der Waals surface area (Å²) >= 11 is 0. The van der Waals surface area contributed by atoms with Crippen LogP contribution in [0.15, 0.2) is 35.6 Å². The zero-order valence-corrected chi connectivity index (χ0v) is 30.5. The predicted molar refractivity (Wildman–Crippen MR) is 176 cm³/mol. The van der Waals surface area contributed by atoms with Gasteiger partial charge in [-0.15, -0.1) is 0 Å². The summed E-state index contributed by atoms with van der Waals surface area (Å²) in [5.41, 5.74) is -5.24. The Morgan fingerprint density at radius 3 is 2.31 bits per heavy atom. The number of hydrogen-bond acceptors (Lipinski definition) is 5. The molecule has 0 saturated heterocycles. The van der Waals surface area contributed by atoms with E-state index in [9.17, 15) is 26.7 Å². The monoisotopic (exact) mass is 674 g/mol. The normalized spacial score (nSPS) is 33.6. The van der Waals surface area contributed by atoms with Crippen LogP contribution in [0.4, 0.5) is 13.2 Å². The Kier molecular flexibility index (Phi) is 10.7. The maximum atomic E-state index is 13.2. The largest absolute Gasteiger partial charge is 0.534 e. The highest BCUT2D eigenvalue weighted by Crippen LogP contribution is 2.69. The second kappa shape index (κ2) is 13.1. The first-order valence-electron chi connectivity index (χ1n) is 17.3. The summed E-state index contributed by atoms with van der Waals surface area (Å²) in [5, 5.41) is 10.5. The van der Waals surface area contributed by atoms with Crippen molar-refractivity contribution in [3.63, 3.8) is 0 Å². The first kappa shape index (κ1) is 36.7. The summed E-state index contributed by atoms with van der Waals surface area (Å²) in [7, 11) is -7.50. The molecule has 3 fully saturated rings. The van der Waals surface area contributed by atoms with E-state index >= 15 is 0 Å². The quantitative estimate of drug-likeness (QED) is 0.0860. The first-order chi connectivity index (χ1) is 20.9. The third-order valence-electron chi connectivity index (χ3n) is 12.8. The SMILES string of the molecule is CC[Si](CC)(CC)OC(C)(C)[C@@H](C)/C=C/[C@@H](C)[C@H]1CC[C@H]2/C(=C/[C@@H](CO)[C@]34C[C@H]3CC=C4OS(=O)(=O)C(F)(F)F)CCC[C@]12C. The Labute approximate surface area is 271 Å². The minimum absolute atomic E-state index is 0.00332. The lowest BCUT2D eigenvalue weighted by Gasteiger charge is -2.44. The number of halogens is 3. The molecule has 0 aliphatic heterocycles. The lowest BCUT2D eigenvalue weighted by Crippen LogP contribution is -2.47. The molecule has 258 valence electrons. The fourth-order valence-electron chi connectivity index (χ4n) is 9.39. The zero-order chi connectivity index (χ0) is 33.6. The van der Waals surface area contributed by atoms with E-state index in [1.807, 2.05) is 0 Å². The van der Waals surface area contributed by atoms with E-state index in [0.717, 1.165) is 50.2 Å². The van der Waals surface area contributed by atoms with Gasteiger partial charge in [-0.05, 0) is 112 Å². The summed E-state index contributed by atoms with van der Waals surface area (Å²) in [6.07, 6.45) is 14.5. The Balaban J connectivity index is 1.50. The number of fused-ring (bicyclic) bond motifs is 2. The topological polar surface area (TPSA) is 72.8 Å². The van der Waals surface area contributed by atoms with Crippen molar-refractivity contribution >= 4 is 18.4 Å². The van der Waals surface area contributed by atoms with E-state index in [2.05, 4.69) is 73.6 Å². The number of alkyl halides is 3. The maximum Gasteiger partial charge on any atom is 0.534 e. The lowest BCUT2D eigenvalue weighted by molar-refractivity contribution is -0.0530. The zero-order valence-electron chi connectivity index (χ0n) is 28.7. The second-order valence-electron chi connectivity index (χ2n) is 15.3. The van der Waals surface area contributed by atoms with Gasteiger partial charge in [0.25, 0.3) is 0 Å². The van der Waals surface area contributed by atoms with Crippen LogP contribution in [0.1, 0.15) is 100 Å². The van der Waals surface area contributed by atoms with Crippen molar-refractivity contribution in [3.8, 4) is 0 Å². The van der Waals surface area contributed by atoms with E-state index in [4.69, 9.17) is 8.61 Å². The van der Waals surface area contributed by atoms with Crippen molar-refractivity contribution in [1.29, 1.82) is 0 Å². The predicted octanol–water partition coefficient (Wildman–Crippen LogP) is 9.53. The van der Waals surface area contributed by atoms with Gasteiger partial charge in [0.05, 0.1) is 12.2 Å². The van der Waals surface area contributed by atoms with E-state index in [0.29, 0.717) is 30.6 Å². The number of allylic oxidation sites excluding steroid dienone is 4. The smallest absolute Gasteiger partial charge is 0.411 e. The molecule has 45 heavy (non-hydrogen) atoms. The van der Waals surface area contributed by atoms with Crippen LogP contribution in [0.25, 0.3) is 0 Å². The third-order valence-corrected chi connectivity index (χ3v) is 18.6. The van der Waals surface area contributed by atoms with Crippen LogP contribution in [0.2, 0.25) is 18.1 Å². The first-order valence-corrected chi connectivity index (χ1v) is 21.2. The molecule has 0 heterocycles. The summed E-state index contributed by atoms with van der Waals surface area (Å²) in [5.74, 6) is 0.879. The van der Waals surface area contributed by atoms with Crippen LogP contribution in [-0.2, 0) is 18.7 Å². The average molecular weight is 675 g/mol. The van der Waals surface area contributed by atoms with Crippen LogP contribution in [0.3, 0.4) is 0 Å². The molecule has 1 N–H and O–H groups in total. The molecular formula is C35H57F3O5SSi. The maximum absolute atomic E-state index is 13.2. The fourth-order valence-corrected chi connectivity index (χ4v) is 13.2. The van der Waals surface area contributed by atoms with Gasteiger partial charge in [0.2, 0.25) is 0 Å². The van der Waals surface area contributed by atoms with Crippen LogP contribution in [-0.4, -0.2) is 39.6 Å². The van der Waals surface area contributed by atoms with Gasteiger partial charge >= 0.3 is 15.6 Å². The molecule has 5 nitrogen and oxygen atoms in total. The van der Waals surface area contributed by atoms with Gasteiger partial charge in [-0.2, -0.15) is 21.6 Å². The molecule has 10 heteroatoms. The minimum atomic E-state index is -5.76. The number of rotatable bonds is 14. The fraction of sp³-hybridized carbons (Fsp3) is 0.829.